The van der Waals surface area contributed by atoms with Gasteiger partial charge < -0.3 is 30.6 Å². The molecule has 2 rings (SSSR count). The minimum Gasteiger partial charge on any atom is -0.394 e. The lowest BCUT2D eigenvalue weighted by atomic mass is 9.72. The molecule has 0 aromatic heterocycles. The second-order valence-electron chi connectivity index (χ2n) is 9.39. The summed E-state index contributed by atoms with van der Waals surface area (Å²) in [5, 5.41) is 64.8. The number of hydrogen-bond acceptors (Lipinski definition) is 6. The van der Waals surface area contributed by atoms with Gasteiger partial charge in [-0.15, -0.1) is 0 Å². The van der Waals surface area contributed by atoms with E-state index >= 15 is 0 Å². The van der Waals surface area contributed by atoms with E-state index in [0.717, 1.165) is 27.8 Å². The summed E-state index contributed by atoms with van der Waals surface area (Å²) in [6.07, 6.45) is -5.46. The molecule has 5 atom stereocenters. The molecule has 2 aromatic rings. The van der Waals surface area contributed by atoms with E-state index in [9.17, 15) is 30.6 Å². The summed E-state index contributed by atoms with van der Waals surface area (Å²) in [6.45, 7) is 8.56. The van der Waals surface area contributed by atoms with Gasteiger partial charge >= 0.3 is 0 Å². The molecular weight excluding hydrogens is 408 g/mol. The Kier molecular flexibility index (Phi) is 8.62. The fourth-order valence-corrected chi connectivity index (χ4v) is 4.70. The lowest BCUT2D eigenvalue weighted by molar-refractivity contribution is -0.229. The molecule has 0 aliphatic heterocycles. The zero-order chi connectivity index (χ0) is 24.3. The Bertz CT molecular complexity index is 873. The summed E-state index contributed by atoms with van der Waals surface area (Å²) >= 11 is 0. The number of rotatable bonds is 10. The molecule has 0 spiro atoms. The quantitative estimate of drug-likeness (QED) is 0.330. The van der Waals surface area contributed by atoms with Gasteiger partial charge in [0.05, 0.1) is 12.2 Å². The summed E-state index contributed by atoms with van der Waals surface area (Å²) in [5.74, 6) is 0. The highest BCUT2D eigenvalue weighted by atomic mass is 16.4. The topological polar surface area (TPSA) is 121 Å². The molecule has 0 saturated heterocycles. The Balaban J connectivity index is 2.51. The third kappa shape index (κ3) is 5.95. The van der Waals surface area contributed by atoms with Crippen LogP contribution in [0.15, 0.2) is 36.4 Å². The smallest absolute Gasteiger partial charge is 0.126 e. The van der Waals surface area contributed by atoms with Crippen LogP contribution in [0.5, 0.6) is 0 Å². The van der Waals surface area contributed by atoms with E-state index in [1.807, 2.05) is 64.1 Å². The van der Waals surface area contributed by atoms with Crippen LogP contribution in [0.1, 0.15) is 46.7 Å². The number of aliphatic hydroxyl groups excluding tert-OH is 4. The second-order valence-corrected chi connectivity index (χ2v) is 9.39. The molecule has 32 heavy (non-hydrogen) atoms. The highest BCUT2D eigenvalue weighted by Gasteiger charge is 2.53. The van der Waals surface area contributed by atoms with Gasteiger partial charge in [0.25, 0.3) is 0 Å². The molecule has 1 unspecified atom stereocenters. The van der Waals surface area contributed by atoms with Gasteiger partial charge in [0, 0.05) is 12.8 Å². The lowest BCUT2D eigenvalue weighted by Crippen LogP contribution is -2.66. The van der Waals surface area contributed by atoms with Gasteiger partial charge in [-0.05, 0) is 45.2 Å². The van der Waals surface area contributed by atoms with Crippen molar-refractivity contribution < 1.29 is 30.6 Å². The summed E-state index contributed by atoms with van der Waals surface area (Å²) in [7, 11) is 0. The molecule has 6 nitrogen and oxygen atoms in total. The molecule has 0 heterocycles. The molecule has 0 saturated carbocycles. The van der Waals surface area contributed by atoms with Crippen molar-refractivity contribution in [2.45, 2.75) is 83.4 Å². The standard InChI is InChI=1S/C26H38O6/c1-6-25(31,13-20-9-16(2)7-17(3)10-20)24(30)26(32,23(29)22(28)15-27)14-21-11-18(4)8-19(5)12-21/h7-12,22-24,27-32H,6,13-15H2,1-5H3/t22-,23+,24+,25?,26+/m0/s1. The van der Waals surface area contributed by atoms with E-state index in [1.165, 1.54) is 0 Å². The minimum atomic E-state index is -2.31. The summed E-state index contributed by atoms with van der Waals surface area (Å²) in [4.78, 5) is 0. The van der Waals surface area contributed by atoms with Gasteiger partial charge in [-0.3, -0.25) is 0 Å². The van der Waals surface area contributed by atoms with Crippen molar-refractivity contribution in [3.63, 3.8) is 0 Å². The van der Waals surface area contributed by atoms with Crippen molar-refractivity contribution in [1.29, 1.82) is 0 Å². The van der Waals surface area contributed by atoms with E-state index in [1.54, 1.807) is 6.92 Å². The molecule has 0 bridgehead atoms. The third-order valence-corrected chi connectivity index (χ3v) is 6.22. The van der Waals surface area contributed by atoms with Crippen LogP contribution >= 0.6 is 0 Å². The van der Waals surface area contributed by atoms with Gasteiger partial charge in [-0.25, -0.2) is 0 Å². The molecule has 0 radical (unpaired) electrons. The molecule has 0 fully saturated rings. The first kappa shape index (κ1) is 26.5. The molecular formula is C26H38O6. The molecule has 178 valence electrons. The Morgan fingerprint density at radius 3 is 1.50 bits per heavy atom. The van der Waals surface area contributed by atoms with E-state index in [4.69, 9.17) is 0 Å². The predicted molar refractivity (Wildman–Crippen MR) is 125 cm³/mol. The van der Waals surface area contributed by atoms with Crippen LogP contribution in [0.4, 0.5) is 0 Å². The predicted octanol–water partition coefficient (Wildman–Crippen LogP) is 1.65. The van der Waals surface area contributed by atoms with Crippen molar-refractivity contribution in [3.8, 4) is 0 Å². The van der Waals surface area contributed by atoms with Gasteiger partial charge in [0.15, 0.2) is 0 Å². The molecule has 0 amide bonds. The maximum atomic E-state index is 11.6. The summed E-state index contributed by atoms with van der Waals surface area (Å²) in [5.41, 5.74) is 1.22. The van der Waals surface area contributed by atoms with Crippen molar-refractivity contribution in [3.05, 3.63) is 69.8 Å². The van der Waals surface area contributed by atoms with E-state index in [-0.39, 0.29) is 19.3 Å². The average molecular weight is 447 g/mol. The Morgan fingerprint density at radius 1 is 0.719 bits per heavy atom. The van der Waals surface area contributed by atoms with Gasteiger partial charge in [0.2, 0.25) is 0 Å². The van der Waals surface area contributed by atoms with Gasteiger partial charge in [0.1, 0.15) is 23.9 Å². The van der Waals surface area contributed by atoms with Crippen LogP contribution in [-0.4, -0.2) is 66.8 Å². The zero-order valence-corrected chi connectivity index (χ0v) is 19.7. The first-order valence-electron chi connectivity index (χ1n) is 11.1. The number of benzene rings is 2. The third-order valence-electron chi connectivity index (χ3n) is 6.22. The van der Waals surface area contributed by atoms with Crippen molar-refractivity contribution in [2.24, 2.45) is 0 Å². The fraction of sp³-hybridized carbons (Fsp3) is 0.538. The molecule has 0 aliphatic carbocycles. The number of hydrogen-bond donors (Lipinski definition) is 6. The average Bonchev–Trinajstić information content (AvgIpc) is 2.70. The summed E-state index contributed by atoms with van der Waals surface area (Å²) < 4.78 is 0. The largest absolute Gasteiger partial charge is 0.394 e. The number of aryl methyl sites for hydroxylation is 4. The van der Waals surface area contributed by atoms with Crippen LogP contribution in [0, 0.1) is 27.7 Å². The highest BCUT2D eigenvalue weighted by molar-refractivity contribution is 5.32. The van der Waals surface area contributed by atoms with Gasteiger partial charge in [-0.1, -0.05) is 65.6 Å². The Labute approximate surface area is 190 Å². The zero-order valence-electron chi connectivity index (χ0n) is 19.7. The van der Waals surface area contributed by atoms with E-state index in [2.05, 4.69) is 0 Å². The minimum absolute atomic E-state index is 0.0459. The van der Waals surface area contributed by atoms with Crippen LogP contribution in [0.3, 0.4) is 0 Å². The monoisotopic (exact) mass is 446 g/mol. The first-order valence-corrected chi connectivity index (χ1v) is 11.1. The maximum Gasteiger partial charge on any atom is 0.126 e. The van der Waals surface area contributed by atoms with E-state index in [0.29, 0.717) is 5.56 Å². The normalized spacial score (nSPS) is 18.5. The van der Waals surface area contributed by atoms with Crippen molar-refractivity contribution in [2.75, 3.05) is 6.61 Å². The first-order chi connectivity index (χ1) is 14.8. The fourth-order valence-electron chi connectivity index (χ4n) is 4.70. The maximum absolute atomic E-state index is 11.6. The highest BCUT2D eigenvalue weighted by Crippen LogP contribution is 2.35. The van der Waals surface area contributed by atoms with Crippen molar-refractivity contribution in [1.82, 2.24) is 0 Å². The van der Waals surface area contributed by atoms with Crippen LogP contribution in [0.25, 0.3) is 0 Å². The second kappa shape index (κ2) is 10.4. The van der Waals surface area contributed by atoms with Gasteiger partial charge in [-0.2, -0.15) is 0 Å². The lowest BCUT2D eigenvalue weighted by Gasteiger charge is -2.46. The molecule has 0 aliphatic rings. The number of aliphatic hydroxyl groups is 6. The van der Waals surface area contributed by atoms with Crippen LogP contribution < -0.4 is 0 Å². The summed E-state index contributed by atoms with van der Waals surface area (Å²) in [6, 6.07) is 11.4. The van der Waals surface area contributed by atoms with Crippen molar-refractivity contribution >= 4 is 0 Å². The molecule has 6 N–H and O–H groups in total. The molecule has 2 aromatic carbocycles. The van der Waals surface area contributed by atoms with E-state index < -0.39 is 36.1 Å². The van der Waals surface area contributed by atoms with Crippen LogP contribution in [-0.2, 0) is 12.8 Å². The Hall–Kier alpha value is -1.80. The van der Waals surface area contributed by atoms with Crippen LogP contribution in [0.2, 0.25) is 0 Å². The SMILES string of the molecule is CCC(O)(Cc1cc(C)cc(C)c1)[C@@H](O)[C@@](O)(Cc1cc(C)cc(C)c1)[C@H](O)[C@@H](O)CO. The molecule has 6 heteroatoms. The Morgan fingerprint density at radius 2 is 1.12 bits per heavy atom.